The van der Waals surface area contributed by atoms with E-state index in [0.717, 1.165) is 4.90 Å². The van der Waals surface area contributed by atoms with E-state index in [1.54, 1.807) is 32.3 Å². The molecule has 7 heteroatoms. The number of hydrogen-bond donors (Lipinski definition) is 1. The fraction of sp³-hybridized carbons (Fsp3) is 0.154. The molecule has 0 aliphatic rings. The Hall–Kier alpha value is -2.28. The second-order valence-electron chi connectivity index (χ2n) is 4.10. The van der Waals surface area contributed by atoms with Crippen LogP contribution < -0.4 is 0 Å². The number of aromatic carboxylic acids is 1. The minimum Gasteiger partial charge on any atom is -0.475 e. The number of aromatic nitrogens is 1. The maximum absolute atomic E-state index is 11.8. The van der Waals surface area contributed by atoms with Gasteiger partial charge < -0.3 is 14.4 Å². The van der Waals surface area contributed by atoms with E-state index in [-0.39, 0.29) is 11.7 Å². The molecule has 0 fully saturated rings. The van der Waals surface area contributed by atoms with Gasteiger partial charge in [-0.2, -0.15) is 0 Å². The summed E-state index contributed by atoms with van der Waals surface area (Å²) < 4.78 is 5.14. The average Bonchev–Trinajstić information content (AvgIpc) is 2.86. The number of carboxylic acid groups (broad SMARTS) is 1. The Balaban J connectivity index is 2.19. The lowest BCUT2D eigenvalue weighted by molar-refractivity contribution is 0.0656. The molecule has 0 atom stereocenters. The molecular formula is C13H12N2O4S. The van der Waals surface area contributed by atoms with Crippen LogP contribution in [0.25, 0.3) is 0 Å². The van der Waals surface area contributed by atoms with Crippen molar-refractivity contribution in [3.8, 4) is 0 Å². The van der Waals surface area contributed by atoms with E-state index >= 15 is 0 Å². The third-order valence-corrected chi connectivity index (χ3v) is 3.28. The zero-order valence-electron chi connectivity index (χ0n) is 10.9. The third-order valence-electron chi connectivity index (χ3n) is 2.37. The van der Waals surface area contributed by atoms with Gasteiger partial charge in [-0.25, -0.2) is 4.79 Å². The Labute approximate surface area is 119 Å². The zero-order valence-corrected chi connectivity index (χ0v) is 11.7. The first-order valence-electron chi connectivity index (χ1n) is 5.66. The van der Waals surface area contributed by atoms with E-state index < -0.39 is 5.97 Å². The largest absolute Gasteiger partial charge is 0.475 e. The monoisotopic (exact) mass is 292 g/mol. The molecule has 20 heavy (non-hydrogen) atoms. The fourth-order valence-electron chi connectivity index (χ4n) is 1.43. The van der Waals surface area contributed by atoms with Gasteiger partial charge in [-0.3, -0.25) is 9.78 Å². The van der Waals surface area contributed by atoms with Crippen molar-refractivity contribution in [1.29, 1.82) is 0 Å². The summed E-state index contributed by atoms with van der Waals surface area (Å²) in [5.41, 5.74) is 0.324. The van der Waals surface area contributed by atoms with Crippen molar-refractivity contribution in [1.82, 2.24) is 9.88 Å². The lowest BCUT2D eigenvalue weighted by Crippen LogP contribution is -2.22. The minimum atomic E-state index is -1.12. The second-order valence-corrected chi connectivity index (χ2v) is 5.18. The Morgan fingerprint density at radius 3 is 2.65 bits per heavy atom. The normalized spacial score (nSPS) is 10.3. The molecule has 104 valence electrons. The lowest BCUT2D eigenvalue weighted by atomic mass is 10.3. The van der Waals surface area contributed by atoms with Crippen LogP contribution in [0.5, 0.6) is 0 Å². The summed E-state index contributed by atoms with van der Waals surface area (Å²) in [6.07, 6.45) is 1.53. The number of furan rings is 1. The number of carbonyl (C=O) groups is 2. The van der Waals surface area contributed by atoms with Gasteiger partial charge in [-0.15, -0.1) is 0 Å². The highest BCUT2D eigenvalue weighted by molar-refractivity contribution is 7.99. The number of carboxylic acids is 1. The molecule has 6 nitrogen and oxygen atoms in total. The molecule has 0 saturated carbocycles. The number of carbonyl (C=O) groups excluding carboxylic acids is 1. The van der Waals surface area contributed by atoms with Gasteiger partial charge in [-0.05, 0) is 24.3 Å². The first-order chi connectivity index (χ1) is 9.47. The molecule has 0 aliphatic heterocycles. The average molecular weight is 292 g/mol. The first kappa shape index (κ1) is 14.1. The van der Waals surface area contributed by atoms with Crippen LogP contribution >= 0.6 is 11.8 Å². The summed E-state index contributed by atoms with van der Waals surface area (Å²) in [4.78, 5) is 28.7. The van der Waals surface area contributed by atoms with Crippen LogP contribution in [-0.2, 0) is 0 Å². The van der Waals surface area contributed by atoms with Gasteiger partial charge in [-0.1, -0.05) is 11.8 Å². The summed E-state index contributed by atoms with van der Waals surface area (Å²) in [6.45, 7) is 0. The highest BCUT2D eigenvalue weighted by Crippen LogP contribution is 2.29. The molecule has 0 unspecified atom stereocenters. The van der Waals surface area contributed by atoms with Gasteiger partial charge in [0.1, 0.15) is 5.69 Å². The summed E-state index contributed by atoms with van der Waals surface area (Å²) in [5.74, 6) is -1.43. The van der Waals surface area contributed by atoms with E-state index in [1.165, 1.54) is 28.9 Å². The van der Waals surface area contributed by atoms with E-state index in [2.05, 4.69) is 4.98 Å². The van der Waals surface area contributed by atoms with Crippen molar-refractivity contribution in [2.45, 2.75) is 9.99 Å². The number of amides is 1. The van der Waals surface area contributed by atoms with Crippen LogP contribution in [-0.4, -0.2) is 41.0 Å². The molecule has 2 aromatic heterocycles. The van der Waals surface area contributed by atoms with Gasteiger partial charge in [0.05, 0.1) is 0 Å². The Morgan fingerprint density at radius 1 is 1.30 bits per heavy atom. The van der Waals surface area contributed by atoms with E-state index in [1.807, 2.05) is 0 Å². The van der Waals surface area contributed by atoms with E-state index in [0.29, 0.717) is 10.8 Å². The number of rotatable bonds is 4. The summed E-state index contributed by atoms with van der Waals surface area (Å²) in [6, 6.07) is 6.32. The highest BCUT2D eigenvalue weighted by atomic mass is 32.2. The summed E-state index contributed by atoms with van der Waals surface area (Å²) in [7, 11) is 3.30. The van der Waals surface area contributed by atoms with Crippen LogP contribution in [0.2, 0.25) is 0 Å². The van der Waals surface area contributed by atoms with Crippen LogP contribution in [0.3, 0.4) is 0 Å². The van der Waals surface area contributed by atoms with Crippen LogP contribution in [0.1, 0.15) is 21.0 Å². The van der Waals surface area contributed by atoms with E-state index in [9.17, 15) is 9.59 Å². The van der Waals surface area contributed by atoms with Crippen molar-refractivity contribution >= 4 is 23.6 Å². The van der Waals surface area contributed by atoms with Crippen molar-refractivity contribution < 1.29 is 19.1 Å². The molecule has 2 rings (SSSR count). The van der Waals surface area contributed by atoms with Gasteiger partial charge in [0, 0.05) is 25.2 Å². The molecule has 0 saturated heterocycles. The van der Waals surface area contributed by atoms with Gasteiger partial charge in [0.25, 0.3) is 5.91 Å². The molecule has 0 aliphatic carbocycles. The fourth-order valence-corrected chi connectivity index (χ4v) is 2.23. The molecular weight excluding hydrogens is 280 g/mol. The molecule has 0 bridgehead atoms. The second kappa shape index (κ2) is 5.79. The lowest BCUT2D eigenvalue weighted by Gasteiger charge is -2.09. The number of pyridine rings is 1. The van der Waals surface area contributed by atoms with Gasteiger partial charge >= 0.3 is 5.97 Å². The predicted molar refractivity (Wildman–Crippen MR) is 72.0 cm³/mol. The Bertz CT molecular complexity index is 651. The highest BCUT2D eigenvalue weighted by Gasteiger charge is 2.13. The van der Waals surface area contributed by atoms with Crippen LogP contribution in [0, 0.1) is 0 Å². The molecule has 1 amide bonds. The van der Waals surface area contributed by atoms with Crippen molar-refractivity contribution in [3.05, 3.63) is 41.9 Å². The quantitative estimate of drug-likeness (QED) is 0.930. The van der Waals surface area contributed by atoms with Gasteiger partial charge in [0.2, 0.25) is 5.76 Å². The van der Waals surface area contributed by atoms with Crippen molar-refractivity contribution in [2.75, 3.05) is 14.1 Å². The topological polar surface area (TPSA) is 83.6 Å². The molecule has 0 aromatic carbocycles. The maximum atomic E-state index is 11.8. The van der Waals surface area contributed by atoms with Crippen LogP contribution in [0.15, 0.2) is 44.9 Å². The van der Waals surface area contributed by atoms with Crippen molar-refractivity contribution in [2.24, 2.45) is 0 Å². The molecule has 1 N–H and O–H groups in total. The zero-order chi connectivity index (χ0) is 14.7. The molecule has 2 heterocycles. The minimum absolute atomic E-state index is 0.119. The van der Waals surface area contributed by atoms with Crippen molar-refractivity contribution in [3.63, 3.8) is 0 Å². The van der Waals surface area contributed by atoms with Gasteiger partial charge in [0.15, 0.2) is 5.09 Å². The number of nitrogens with zero attached hydrogens (tertiary/aromatic N) is 2. The summed E-state index contributed by atoms with van der Waals surface area (Å²) in [5, 5.41) is 9.22. The molecule has 0 spiro atoms. The standard InChI is InChI=1S/C13H12N2O4S/c1-15(2)12(16)9-7-8(5-6-14-9)20-11-4-3-10(19-11)13(17)18/h3-7H,1-2H3,(H,17,18). The first-order valence-corrected chi connectivity index (χ1v) is 6.47. The molecule has 2 aromatic rings. The van der Waals surface area contributed by atoms with Crippen LogP contribution in [0.4, 0.5) is 0 Å². The third kappa shape index (κ3) is 3.18. The summed E-state index contributed by atoms with van der Waals surface area (Å²) >= 11 is 1.23. The predicted octanol–water partition coefficient (Wildman–Crippen LogP) is 2.23. The SMILES string of the molecule is CN(C)C(=O)c1cc(Sc2ccc(C(=O)O)o2)ccn1. The Kier molecular flexibility index (Phi) is 4.09. The molecule has 0 radical (unpaired) electrons. The maximum Gasteiger partial charge on any atom is 0.371 e. The Morgan fingerprint density at radius 2 is 2.05 bits per heavy atom. The smallest absolute Gasteiger partial charge is 0.371 e. The number of hydrogen-bond acceptors (Lipinski definition) is 5. The van der Waals surface area contributed by atoms with E-state index in [4.69, 9.17) is 9.52 Å².